The van der Waals surface area contributed by atoms with Gasteiger partial charge in [0.05, 0.1) is 0 Å². The Balaban J connectivity index is 0.000000153. The van der Waals surface area contributed by atoms with Gasteiger partial charge in [-0.1, -0.05) is 175 Å². The molecule has 68 heavy (non-hydrogen) atoms. The van der Waals surface area contributed by atoms with Crippen molar-refractivity contribution in [2.75, 3.05) is 4.90 Å². The van der Waals surface area contributed by atoms with Gasteiger partial charge in [-0.2, -0.15) is 5.41 Å². The monoisotopic (exact) mass is 1030 g/mol. The molecule has 2 fully saturated rings. The average molecular weight is 1030 g/mol. The second-order valence-electron chi connectivity index (χ2n) is 23.9. The molecule has 6 aromatic carbocycles. The van der Waals surface area contributed by atoms with Crippen molar-refractivity contribution in [3.8, 4) is 0 Å². The van der Waals surface area contributed by atoms with Crippen LogP contribution in [0.3, 0.4) is 0 Å². The number of halogens is 2. The molecule has 1 atom stereocenters. The number of hydrogen-bond acceptors (Lipinski definition) is 1. The molecule has 9 rings (SSSR count). The Kier molecular flexibility index (Phi) is 15.6. The van der Waals surface area contributed by atoms with Gasteiger partial charge in [0, 0.05) is 16.6 Å². The van der Waals surface area contributed by atoms with Gasteiger partial charge in [0.2, 0.25) is 0 Å². The summed E-state index contributed by atoms with van der Waals surface area (Å²) in [5.41, 5.74) is 14.7. The molecule has 0 aromatic heterocycles. The molecular weight excluding hydrogens is 955 g/mol. The summed E-state index contributed by atoms with van der Waals surface area (Å²) in [6.07, 6.45) is 7.22. The quantitative estimate of drug-likeness (QED) is 0.114. The molecule has 0 radical (unpaired) electrons. The Hall–Kier alpha value is -3.55. The fourth-order valence-corrected chi connectivity index (χ4v) is 14.3. The zero-order valence-electron chi connectivity index (χ0n) is 44.1. The zero-order chi connectivity index (χ0) is 49.7. The van der Waals surface area contributed by atoms with E-state index in [-0.39, 0.29) is 11.0 Å². The molecule has 2 aliphatic carbocycles. The summed E-state index contributed by atoms with van der Waals surface area (Å²) in [5, 5.41) is 5.61. The summed E-state index contributed by atoms with van der Waals surface area (Å²) in [6, 6.07) is 42.1. The first-order valence-corrected chi connectivity index (χ1v) is 30.5. The van der Waals surface area contributed by atoms with E-state index in [4.69, 9.17) is 19.4 Å². The average Bonchev–Trinajstić information content (AvgIpc) is 3.85. The van der Waals surface area contributed by atoms with Crippen molar-refractivity contribution in [2.45, 2.75) is 159 Å². The number of hydrogen-bond donors (Lipinski definition) is 0. The van der Waals surface area contributed by atoms with Crippen LogP contribution in [-0.2, 0) is 13.5 Å². The van der Waals surface area contributed by atoms with E-state index in [1.54, 1.807) is 5.56 Å². The molecular formula is C64H79Cl2NRu-2. The topological polar surface area (TPSA) is 3.24 Å². The molecule has 1 aliphatic heterocycles. The Morgan fingerprint density at radius 3 is 1.57 bits per heavy atom. The van der Waals surface area contributed by atoms with Crippen LogP contribution < -0.4 is 4.90 Å². The van der Waals surface area contributed by atoms with E-state index in [2.05, 4.69) is 226 Å². The van der Waals surface area contributed by atoms with Crippen molar-refractivity contribution in [2.24, 2.45) is 16.2 Å². The van der Waals surface area contributed by atoms with Crippen molar-refractivity contribution in [3.63, 3.8) is 0 Å². The third-order valence-electron chi connectivity index (χ3n) is 14.7. The van der Waals surface area contributed by atoms with Crippen molar-refractivity contribution in [1.82, 2.24) is 0 Å². The molecule has 1 saturated heterocycles. The summed E-state index contributed by atoms with van der Waals surface area (Å²) in [7, 11) is 12.4. The third kappa shape index (κ3) is 11.1. The number of benzene rings is 6. The van der Waals surface area contributed by atoms with E-state index in [1.807, 2.05) is 24.3 Å². The molecule has 364 valence electrons. The first-order valence-electron chi connectivity index (χ1n) is 25.2. The van der Waals surface area contributed by atoms with E-state index in [0.717, 1.165) is 4.11 Å². The van der Waals surface area contributed by atoms with E-state index in [9.17, 15) is 0 Å². The van der Waals surface area contributed by atoms with E-state index >= 15 is 0 Å². The molecule has 1 saturated carbocycles. The fraction of sp³-hybridized carbons (Fsp3) is 0.422. The molecule has 0 spiro atoms. The Morgan fingerprint density at radius 1 is 0.559 bits per heavy atom. The van der Waals surface area contributed by atoms with Crippen LogP contribution in [0.15, 0.2) is 121 Å². The van der Waals surface area contributed by atoms with Crippen molar-refractivity contribution < 1.29 is 13.5 Å². The minimum atomic E-state index is -1.88. The van der Waals surface area contributed by atoms with Crippen molar-refractivity contribution in [1.29, 1.82) is 0 Å². The van der Waals surface area contributed by atoms with Gasteiger partial charge in [-0.15, -0.1) is 11.3 Å². The summed E-state index contributed by atoms with van der Waals surface area (Å²) < 4.78 is 1.12. The molecule has 1 nitrogen and oxygen atoms in total. The van der Waals surface area contributed by atoms with Gasteiger partial charge in [0.25, 0.3) is 0 Å². The molecule has 0 amide bonds. The van der Waals surface area contributed by atoms with E-state index in [0.29, 0.717) is 40.4 Å². The molecule has 0 N–H and O–H groups in total. The first kappa shape index (κ1) is 52.3. The Bertz CT molecular complexity index is 2690. The number of fused-ring (bicyclic) bond motifs is 3. The number of rotatable bonds is 7. The maximum atomic E-state index is 6.19. The number of allylic oxidation sites excluding steroid dienone is 1. The van der Waals surface area contributed by atoms with Crippen molar-refractivity contribution >= 4 is 56.3 Å². The molecule has 3 aliphatic rings. The SMILES string of the molecule is CC(C)c1ccc2ccc(C(C)C)c(C3[CH-]C(C)(C)CC3(C)C)c2c1.CC(C)c1ccc2ccc(C(C)C)c(N3[CH-]C(C)(C)CC3(C)C)c2c1.[Cl][Ru]([Cl])=[C]1C=C(c2ccccc2)c2ccccc21. The van der Waals surface area contributed by atoms with Crippen LogP contribution >= 0.6 is 19.4 Å². The second kappa shape index (κ2) is 20.3. The number of nitrogens with zero attached hydrogens (tertiary/aromatic N) is 1. The zero-order valence-corrected chi connectivity index (χ0v) is 47.3. The van der Waals surface area contributed by atoms with Crippen LogP contribution in [0.4, 0.5) is 5.69 Å². The summed E-state index contributed by atoms with van der Waals surface area (Å²) in [6.45, 7) is 40.1. The van der Waals surface area contributed by atoms with Gasteiger partial charge in [-0.25, -0.2) is 6.54 Å². The fourth-order valence-electron chi connectivity index (χ4n) is 11.8. The predicted octanol–water partition coefficient (Wildman–Crippen LogP) is 19.7. The third-order valence-corrected chi connectivity index (χ3v) is 17.8. The molecule has 0 bridgehead atoms. The standard InChI is InChI=1S/C25H35.C24H34N.C15H10.2ClH.Ru/c1-16(2)19-10-9-18-11-12-20(17(3)4)23(21(18)13-19)22-14-24(5,6)15-25(22,7)8;1-16(2)19-10-9-18-11-12-20(17(3)4)22(21(18)13-19)25-15-23(5,6)14-24(25,7)8;1-2-6-12(7-3-1)15-11-10-13-8-4-5-9-14(13)15;;;/h9-14,16-17,22H,15H2,1-8H3;9-13,15-17H,14H2,1-8H3;1-9,11H;2*1H;/q2*-1;;;;+2/p-2. The maximum absolute atomic E-state index is 6.19. The Labute approximate surface area is 425 Å². The molecule has 6 aromatic rings. The first-order chi connectivity index (χ1) is 31.8. The van der Waals surface area contributed by atoms with Crippen LogP contribution in [-0.4, -0.2) is 9.65 Å². The van der Waals surface area contributed by atoms with Crippen molar-refractivity contribution in [3.05, 3.63) is 179 Å². The van der Waals surface area contributed by atoms with Gasteiger partial charge in [-0.3, -0.25) is 0 Å². The van der Waals surface area contributed by atoms with Crippen LogP contribution in [0.25, 0.3) is 27.1 Å². The summed E-state index contributed by atoms with van der Waals surface area (Å²) in [5.74, 6) is 2.69. The second-order valence-corrected chi connectivity index (χ2v) is 29.7. The van der Waals surface area contributed by atoms with Crippen LogP contribution in [0.1, 0.15) is 198 Å². The molecule has 1 heterocycles. The van der Waals surface area contributed by atoms with Gasteiger partial charge in [0.1, 0.15) is 0 Å². The summed E-state index contributed by atoms with van der Waals surface area (Å²) in [4.78, 5) is 2.58. The normalized spacial score (nSPS) is 19.1. The number of anilines is 1. The van der Waals surface area contributed by atoms with Gasteiger partial charge >= 0.3 is 120 Å². The van der Waals surface area contributed by atoms with Gasteiger partial charge in [-0.05, 0) is 82.0 Å². The van der Waals surface area contributed by atoms with E-state index in [1.165, 1.54) is 84.6 Å². The predicted molar refractivity (Wildman–Crippen MR) is 299 cm³/mol. The van der Waals surface area contributed by atoms with E-state index < -0.39 is 13.5 Å². The van der Waals surface area contributed by atoms with Gasteiger partial charge < -0.3 is 11.3 Å². The molecule has 4 heteroatoms. The van der Waals surface area contributed by atoms with Crippen LogP contribution in [0.5, 0.6) is 0 Å². The van der Waals surface area contributed by atoms with Gasteiger partial charge in [0.15, 0.2) is 0 Å². The minimum absolute atomic E-state index is 0.134. The summed E-state index contributed by atoms with van der Waals surface area (Å²) >= 11 is -1.88. The van der Waals surface area contributed by atoms with Crippen LogP contribution in [0, 0.1) is 29.2 Å². The Morgan fingerprint density at radius 2 is 1.07 bits per heavy atom. The van der Waals surface area contributed by atoms with Crippen LogP contribution in [0.2, 0.25) is 0 Å². The molecule has 1 unspecified atom stereocenters.